The largest absolute Gasteiger partial charge is 0.433 e. The van der Waals surface area contributed by atoms with E-state index in [9.17, 15) is 23.1 Å². The summed E-state index contributed by atoms with van der Waals surface area (Å²) in [5, 5.41) is 15.7. The number of aliphatic hydroxyl groups is 1. The van der Waals surface area contributed by atoms with Crippen molar-refractivity contribution in [2.45, 2.75) is 46.5 Å². The van der Waals surface area contributed by atoms with Crippen LogP contribution in [-0.4, -0.2) is 33.4 Å². The number of carbonyl (C=O) groups excluding carboxylic acids is 1. The Hall–Kier alpha value is -1.57. The molecule has 0 aliphatic rings. The molecule has 1 aromatic rings. The third-order valence-electron chi connectivity index (χ3n) is 3.11. The zero-order chi connectivity index (χ0) is 16.4. The molecular weight excluding hydrogens is 287 g/mol. The number of halogens is 3. The van der Waals surface area contributed by atoms with Gasteiger partial charge in [0.05, 0.1) is 17.9 Å². The van der Waals surface area contributed by atoms with Crippen molar-refractivity contribution in [1.29, 1.82) is 0 Å². The third-order valence-corrected chi connectivity index (χ3v) is 3.11. The van der Waals surface area contributed by atoms with Gasteiger partial charge in [-0.2, -0.15) is 18.3 Å². The number of aliphatic hydroxyl groups excluding tert-OH is 1. The topological polar surface area (TPSA) is 67.2 Å². The highest BCUT2D eigenvalue weighted by atomic mass is 19.4. The van der Waals surface area contributed by atoms with Gasteiger partial charge in [0.15, 0.2) is 5.69 Å². The Kier molecular flexibility index (Phi) is 5.03. The molecule has 1 atom stereocenters. The van der Waals surface area contributed by atoms with E-state index in [1.54, 1.807) is 20.8 Å². The van der Waals surface area contributed by atoms with Crippen LogP contribution in [0.3, 0.4) is 0 Å². The number of aromatic nitrogens is 2. The van der Waals surface area contributed by atoms with Crippen molar-refractivity contribution in [1.82, 2.24) is 15.1 Å². The van der Waals surface area contributed by atoms with Crippen LogP contribution in [0.25, 0.3) is 0 Å². The average molecular weight is 307 g/mol. The summed E-state index contributed by atoms with van der Waals surface area (Å²) in [7, 11) is 0. The zero-order valence-electron chi connectivity index (χ0n) is 12.5. The van der Waals surface area contributed by atoms with Gasteiger partial charge in [-0.3, -0.25) is 9.48 Å². The van der Waals surface area contributed by atoms with Gasteiger partial charge in [-0.05, 0) is 12.3 Å². The molecular formula is C13H20F3N3O2. The van der Waals surface area contributed by atoms with Crippen molar-refractivity contribution in [2.75, 3.05) is 6.54 Å². The lowest BCUT2D eigenvalue weighted by Gasteiger charge is -2.25. The lowest BCUT2D eigenvalue weighted by atomic mass is 9.89. The Morgan fingerprint density at radius 3 is 2.43 bits per heavy atom. The maximum atomic E-state index is 13.0. The summed E-state index contributed by atoms with van der Waals surface area (Å²) in [4.78, 5) is 11.9. The van der Waals surface area contributed by atoms with Crippen molar-refractivity contribution in [3.05, 3.63) is 17.5 Å². The maximum Gasteiger partial charge on any atom is 0.433 e. The summed E-state index contributed by atoms with van der Waals surface area (Å²) in [6, 6.07) is 0. The zero-order valence-corrected chi connectivity index (χ0v) is 12.5. The molecule has 0 bridgehead atoms. The minimum absolute atomic E-state index is 0.00669. The second-order valence-corrected chi connectivity index (χ2v) is 5.81. The predicted octanol–water partition coefficient (Wildman–Crippen LogP) is 2.06. The van der Waals surface area contributed by atoms with Gasteiger partial charge in [0, 0.05) is 13.1 Å². The molecule has 0 aliphatic heterocycles. The second-order valence-electron chi connectivity index (χ2n) is 5.81. The Labute approximate surface area is 121 Å². The monoisotopic (exact) mass is 307 g/mol. The highest BCUT2D eigenvalue weighted by Gasteiger charge is 2.39. The van der Waals surface area contributed by atoms with E-state index in [-0.39, 0.29) is 13.1 Å². The quantitative estimate of drug-likeness (QED) is 0.895. The van der Waals surface area contributed by atoms with E-state index >= 15 is 0 Å². The second kappa shape index (κ2) is 6.05. The average Bonchev–Trinajstić information content (AvgIpc) is 2.77. The van der Waals surface area contributed by atoms with E-state index in [1.165, 1.54) is 6.92 Å². The molecule has 1 heterocycles. The summed E-state index contributed by atoms with van der Waals surface area (Å²) in [6.45, 7) is 6.68. The number of rotatable bonds is 4. The molecule has 0 spiro atoms. The molecule has 120 valence electrons. The number of nitrogens with zero attached hydrogens (tertiary/aromatic N) is 2. The molecule has 1 unspecified atom stereocenters. The van der Waals surface area contributed by atoms with Crippen LogP contribution in [0.5, 0.6) is 0 Å². The Balaban J connectivity index is 2.92. The number of aryl methyl sites for hydroxylation is 1. The Morgan fingerprint density at radius 1 is 1.43 bits per heavy atom. The fraction of sp³-hybridized carbons (Fsp3) is 0.692. The van der Waals surface area contributed by atoms with Crippen LogP contribution in [0.2, 0.25) is 0 Å². The number of nitrogens with one attached hydrogen (secondary N) is 1. The molecule has 21 heavy (non-hydrogen) atoms. The van der Waals surface area contributed by atoms with Crippen LogP contribution < -0.4 is 5.32 Å². The molecule has 0 aliphatic carbocycles. The van der Waals surface area contributed by atoms with Gasteiger partial charge in [-0.15, -0.1) is 0 Å². The first-order valence-corrected chi connectivity index (χ1v) is 6.57. The van der Waals surface area contributed by atoms with E-state index in [2.05, 4.69) is 10.4 Å². The molecule has 0 saturated carbocycles. The molecule has 8 heteroatoms. The molecule has 0 saturated heterocycles. The van der Waals surface area contributed by atoms with Crippen molar-refractivity contribution < 1.29 is 23.1 Å². The van der Waals surface area contributed by atoms with E-state index in [1.807, 2.05) is 0 Å². The summed E-state index contributed by atoms with van der Waals surface area (Å²) in [6.07, 6.45) is -4.63. The molecule has 0 aromatic carbocycles. The van der Waals surface area contributed by atoms with Crippen molar-refractivity contribution in [3.63, 3.8) is 0 Å². The van der Waals surface area contributed by atoms with Gasteiger partial charge < -0.3 is 10.4 Å². The first kappa shape index (κ1) is 17.5. The smallest absolute Gasteiger partial charge is 0.391 e. The van der Waals surface area contributed by atoms with Crippen molar-refractivity contribution >= 4 is 5.91 Å². The number of hydrogen-bond donors (Lipinski definition) is 2. The van der Waals surface area contributed by atoms with Gasteiger partial charge in [-0.25, -0.2) is 0 Å². The lowest BCUT2D eigenvalue weighted by molar-refractivity contribution is -0.144. The highest BCUT2D eigenvalue weighted by molar-refractivity contribution is 5.95. The summed E-state index contributed by atoms with van der Waals surface area (Å²) in [5.74, 6) is -0.898. The van der Waals surface area contributed by atoms with Crippen LogP contribution in [0.15, 0.2) is 6.20 Å². The Morgan fingerprint density at radius 2 is 2.00 bits per heavy atom. The summed E-state index contributed by atoms with van der Waals surface area (Å²) < 4.78 is 39.7. The first-order valence-electron chi connectivity index (χ1n) is 6.57. The van der Waals surface area contributed by atoms with Gasteiger partial charge in [0.1, 0.15) is 0 Å². The van der Waals surface area contributed by atoms with Crippen LogP contribution in [0, 0.1) is 5.41 Å². The molecule has 1 amide bonds. The van der Waals surface area contributed by atoms with E-state index in [4.69, 9.17) is 0 Å². The van der Waals surface area contributed by atoms with Crippen LogP contribution in [0.4, 0.5) is 13.2 Å². The molecule has 0 fully saturated rings. The maximum absolute atomic E-state index is 13.0. The third kappa shape index (κ3) is 4.20. The van der Waals surface area contributed by atoms with Crippen molar-refractivity contribution in [2.24, 2.45) is 5.41 Å². The van der Waals surface area contributed by atoms with Crippen LogP contribution in [-0.2, 0) is 12.7 Å². The van der Waals surface area contributed by atoms with Gasteiger partial charge in [0.2, 0.25) is 0 Å². The SMILES string of the molecule is CCn1ncc(C(=O)NCC(O)C(C)(C)C)c1C(F)(F)F. The van der Waals surface area contributed by atoms with E-state index in [0.717, 1.165) is 10.9 Å². The van der Waals surface area contributed by atoms with Crippen LogP contribution in [0.1, 0.15) is 43.7 Å². The van der Waals surface area contributed by atoms with Gasteiger partial charge in [-0.1, -0.05) is 20.8 Å². The number of amides is 1. The van der Waals surface area contributed by atoms with Crippen molar-refractivity contribution in [3.8, 4) is 0 Å². The Bertz CT molecular complexity index is 504. The highest BCUT2D eigenvalue weighted by Crippen LogP contribution is 2.32. The standard InChI is InChI=1S/C13H20F3N3O2/c1-5-19-10(13(14,15)16)8(6-18-19)11(21)17-7-9(20)12(2,3)4/h6,9,20H,5,7H2,1-4H3,(H,17,21). The van der Waals surface area contributed by atoms with E-state index in [0.29, 0.717) is 0 Å². The minimum Gasteiger partial charge on any atom is -0.391 e. The van der Waals surface area contributed by atoms with E-state index < -0.39 is 34.9 Å². The number of alkyl halides is 3. The molecule has 2 N–H and O–H groups in total. The minimum atomic E-state index is -4.66. The van der Waals surface area contributed by atoms with Gasteiger partial charge in [0.25, 0.3) is 5.91 Å². The molecule has 1 aromatic heterocycles. The lowest BCUT2D eigenvalue weighted by Crippen LogP contribution is -2.39. The first-order chi connectivity index (χ1) is 9.48. The molecule has 1 rings (SSSR count). The number of carbonyl (C=O) groups is 1. The fourth-order valence-corrected chi connectivity index (χ4v) is 1.68. The molecule has 5 nitrogen and oxygen atoms in total. The van der Waals surface area contributed by atoms with Crippen LogP contribution >= 0.6 is 0 Å². The summed E-state index contributed by atoms with van der Waals surface area (Å²) >= 11 is 0. The number of hydrogen-bond acceptors (Lipinski definition) is 3. The fourth-order valence-electron chi connectivity index (χ4n) is 1.68. The molecule has 0 radical (unpaired) electrons. The summed E-state index contributed by atoms with van der Waals surface area (Å²) in [5.41, 5.74) is -2.09. The predicted molar refractivity (Wildman–Crippen MR) is 70.7 cm³/mol. The normalized spacial score (nSPS) is 14.1. The van der Waals surface area contributed by atoms with Gasteiger partial charge >= 0.3 is 6.18 Å².